The van der Waals surface area contributed by atoms with Crippen LogP contribution in [0.4, 0.5) is 21.9 Å². The van der Waals surface area contributed by atoms with Crippen molar-refractivity contribution in [1.82, 2.24) is 5.32 Å². The molecule has 12 nitrogen and oxygen atoms in total. The van der Waals surface area contributed by atoms with Gasteiger partial charge in [-0.25, -0.2) is 9.59 Å². The van der Waals surface area contributed by atoms with Crippen LogP contribution in [0.15, 0.2) is 66.7 Å². The smallest absolute Gasteiger partial charge is 0.407 e. The van der Waals surface area contributed by atoms with Crippen LogP contribution in [0.2, 0.25) is 0 Å². The van der Waals surface area contributed by atoms with E-state index in [0.29, 0.717) is 0 Å². The summed E-state index contributed by atoms with van der Waals surface area (Å²) in [7, 11) is 0. The molecule has 0 spiro atoms. The van der Waals surface area contributed by atoms with Gasteiger partial charge in [0.05, 0.1) is 5.69 Å². The zero-order chi connectivity index (χ0) is 25.8. The molecule has 0 aliphatic heterocycles. The lowest BCUT2D eigenvalue weighted by Crippen LogP contribution is -2.45. The van der Waals surface area contributed by atoms with E-state index in [2.05, 4.69) is 10.6 Å². The number of carboxylic acid groups (broad SMARTS) is 1. The summed E-state index contributed by atoms with van der Waals surface area (Å²) in [5.41, 5.74) is 3.32. The molecule has 0 unspecified atom stereocenters. The quantitative estimate of drug-likeness (QED) is 0.275. The van der Waals surface area contributed by atoms with Gasteiger partial charge >= 0.3 is 12.1 Å². The number of nitrogens with one attached hydrogen (secondary N) is 2. The Balaban J connectivity index is 1.40. The molecule has 0 heterocycles. The second-order valence-electron chi connectivity index (χ2n) is 7.99. The van der Waals surface area contributed by atoms with Crippen molar-refractivity contribution in [2.24, 2.45) is 0 Å². The second kappa shape index (κ2) is 10.5. The maximum absolute atomic E-state index is 12.5. The SMILES string of the molecule is O=C(N[C@@H](CNc1ccc(N([O-])[O-])cc1N(O)O)C(=O)O)OCC1c2ccccc2-c2ccccc21. The third-order valence-electron chi connectivity index (χ3n) is 5.84. The molecule has 0 fully saturated rings. The van der Waals surface area contributed by atoms with Crippen LogP contribution in [-0.2, 0) is 9.53 Å². The molecular formula is C24H22N4O8-2. The van der Waals surface area contributed by atoms with Gasteiger partial charge in [0.15, 0.2) is 0 Å². The number of carboxylic acids is 1. The second-order valence-corrected chi connectivity index (χ2v) is 7.99. The van der Waals surface area contributed by atoms with Crippen LogP contribution < -0.4 is 21.1 Å². The molecule has 0 saturated heterocycles. The molecular weight excluding hydrogens is 472 g/mol. The number of nitrogens with zero attached hydrogens (tertiary/aromatic N) is 2. The van der Waals surface area contributed by atoms with Gasteiger partial charge in [-0.1, -0.05) is 48.5 Å². The molecule has 0 saturated carbocycles. The third-order valence-corrected chi connectivity index (χ3v) is 5.84. The van der Waals surface area contributed by atoms with Crippen molar-refractivity contribution in [3.63, 3.8) is 0 Å². The Kier molecular flexibility index (Phi) is 7.22. The highest BCUT2D eigenvalue weighted by Gasteiger charge is 2.29. The number of carbonyl (C=O) groups excluding carboxylic acids is 1. The molecule has 0 aromatic heterocycles. The first kappa shape index (κ1) is 24.8. The maximum Gasteiger partial charge on any atom is 0.407 e. The summed E-state index contributed by atoms with van der Waals surface area (Å²) in [6, 6.07) is 17.3. The summed E-state index contributed by atoms with van der Waals surface area (Å²) in [4.78, 5) is 24.2. The Labute approximate surface area is 205 Å². The van der Waals surface area contributed by atoms with Gasteiger partial charge in [0.1, 0.15) is 18.3 Å². The summed E-state index contributed by atoms with van der Waals surface area (Å²) < 4.78 is 5.37. The minimum Gasteiger partial charge on any atom is -0.769 e. The van der Waals surface area contributed by atoms with E-state index in [1.165, 1.54) is 6.07 Å². The third kappa shape index (κ3) is 5.16. The molecule has 3 aromatic rings. The van der Waals surface area contributed by atoms with Crippen LogP contribution in [0, 0.1) is 10.4 Å². The Morgan fingerprint density at radius 3 is 2.14 bits per heavy atom. The fourth-order valence-corrected chi connectivity index (χ4v) is 4.14. The van der Waals surface area contributed by atoms with Crippen molar-refractivity contribution in [3.05, 3.63) is 88.3 Å². The molecule has 1 aliphatic carbocycles. The van der Waals surface area contributed by atoms with E-state index in [1.54, 1.807) is 0 Å². The maximum atomic E-state index is 12.5. The number of hydrogen-bond acceptors (Lipinski definition) is 10. The molecule has 12 heteroatoms. The van der Waals surface area contributed by atoms with Crippen LogP contribution in [0.3, 0.4) is 0 Å². The number of alkyl carbamates (subject to hydrolysis) is 1. The van der Waals surface area contributed by atoms with Gasteiger partial charge in [-0.2, -0.15) is 0 Å². The molecule has 5 N–H and O–H groups in total. The van der Waals surface area contributed by atoms with Crippen LogP contribution in [0.25, 0.3) is 11.1 Å². The van der Waals surface area contributed by atoms with Crippen molar-refractivity contribution in [1.29, 1.82) is 0 Å². The zero-order valence-electron chi connectivity index (χ0n) is 18.7. The number of aliphatic carboxylic acids is 1. The molecule has 0 radical (unpaired) electrons. The number of carbonyl (C=O) groups is 2. The Hall–Kier alpha value is -4.36. The van der Waals surface area contributed by atoms with E-state index in [4.69, 9.17) is 4.74 Å². The van der Waals surface area contributed by atoms with Gasteiger partial charge in [-0.3, -0.25) is 10.4 Å². The lowest BCUT2D eigenvalue weighted by atomic mass is 9.98. The monoisotopic (exact) mass is 494 g/mol. The molecule has 0 bridgehead atoms. The van der Waals surface area contributed by atoms with E-state index in [9.17, 15) is 35.5 Å². The Morgan fingerprint density at radius 1 is 0.972 bits per heavy atom. The normalized spacial score (nSPS) is 12.8. The predicted molar refractivity (Wildman–Crippen MR) is 130 cm³/mol. The van der Waals surface area contributed by atoms with Gasteiger partial charge in [0.25, 0.3) is 0 Å². The molecule has 1 atom stereocenters. The van der Waals surface area contributed by atoms with E-state index >= 15 is 0 Å². The molecule has 1 aliphatic rings. The summed E-state index contributed by atoms with van der Waals surface area (Å²) in [5, 5.41) is 53.9. The van der Waals surface area contributed by atoms with Gasteiger partial charge in [0, 0.05) is 18.2 Å². The average molecular weight is 494 g/mol. The summed E-state index contributed by atoms with van der Waals surface area (Å²) >= 11 is 0. The largest absolute Gasteiger partial charge is 0.769 e. The number of ether oxygens (including phenoxy) is 1. The summed E-state index contributed by atoms with van der Waals surface area (Å²) in [6.45, 7) is -0.381. The van der Waals surface area contributed by atoms with Crippen molar-refractivity contribution in [3.8, 4) is 11.1 Å². The van der Waals surface area contributed by atoms with Crippen molar-refractivity contribution >= 4 is 29.1 Å². The molecule has 1 amide bonds. The number of rotatable bonds is 9. The number of anilines is 3. The highest BCUT2D eigenvalue weighted by molar-refractivity contribution is 5.82. The van der Waals surface area contributed by atoms with Crippen LogP contribution in [0.1, 0.15) is 17.0 Å². The topological polar surface area (TPSA) is 181 Å². The first-order valence-electron chi connectivity index (χ1n) is 10.8. The Morgan fingerprint density at radius 2 is 1.58 bits per heavy atom. The lowest BCUT2D eigenvalue weighted by molar-refractivity contribution is -0.138. The minimum atomic E-state index is -1.45. The first-order valence-corrected chi connectivity index (χ1v) is 10.8. The van der Waals surface area contributed by atoms with Gasteiger partial charge < -0.3 is 36.1 Å². The molecule has 188 valence electrons. The Bertz CT molecular complexity index is 1220. The summed E-state index contributed by atoms with van der Waals surface area (Å²) in [6.07, 6.45) is -0.944. The van der Waals surface area contributed by atoms with Crippen LogP contribution in [-0.4, -0.2) is 46.8 Å². The first-order chi connectivity index (χ1) is 17.3. The number of hydrogen-bond donors (Lipinski definition) is 5. The zero-order valence-corrected chi connectivity index (χ0v) is 18.7. The van der Waals surface area contributed by atoms with Gasteiger partial charge in [-0.05, 0) is 40.5 Å². The fourth-order valence-electron chi connectivity index (χ4n) is 4.14. The molecule has 3 aromatic carbocycles. The molecule has 36 heavy (non-hydrogen) atoms. The summed E-state index contributed by atoms with van der Waals surface area (Å²) in [5.74, 6) is -1.57. The average Bonchev–Trinajstić information content (AvgIpc) is 3.18. The number of amides is 1. The fraction of sp³-hybridized carbons (Fsp3) is 0.167. The van der Waals surface area contributed by atoms with E-state index in [1.807, 2.05) is 48.5 Å². The van der Waals surface area contributed by atoms with Crippen LogP contribution >= 0.6 is 0 Å². The number of benzene rings is 3. The highest BCUT2D eigenvalue weighted by Crippen LogP contribution is 2.44. The van der Waals surface area contributed by atoms with Crippen LogP contribution in [0.5, 0.6) is 0 Å². The van der Waals surface area contributed by atoms with E-state index < -0.39 is 29.0 Å². The van der Waals surface area contributed by atoms with Gasteiger partial charge in [0.2, 0.25) is 0 Å². The van der Waals surface area contributed by atoms with Crippen molar-refractivity contribution < 1.29 is 29.8 Å². The minimum absolute atomic E-state index is 0.00386. The van der Waals surface area contributed by atoms with Crippen molar-refractivity contribution in [2.75, 3.05) is 28.9 Å². The highest BCUT2D eigenvalue weighted by atomic mass is 16.8. The van der Waals surface area contributed by atoms with Gasteiger partial charge in [-0.15, -0.1) is 5.23 Å². The standard InChI is InChI=1S/C24H22N4O8/c29-23(30)21(12-25-20-10-9-14(27(32)33)11-22(20)28(34)35)26-24(31)36-13-19-17-7-3-1-5-15(17)16-6-2-4-8-18(16)19/h1-11,19,21,25,34-35H,12-13H2,(H,26,31)(H,29,30)/q-2/t21-/m0/s1. The predicted octanol–water partition coefficient (Wildman–Crippen LogP) is 3.48. The number of fused-ring (bicyclic) bond motifs is 3. The van der Waals surface area contributed by atoms with E-state index in [0.717, 1.165) is 34.4 Å². The lowest BCUT2D eigenvalue weighted by Gasteiger charge is -2.38. The van der Waals surface area contributed by atoms with E-state index in [-0.39, 0.29) is 35.7 Å². The van der Waals surface area contributed by atoms with Crippen molar-refractivity contribution in [2.45, 2.75) is 12.0 Å². The molecule has 4 rings (SSSR count).